The summed E-state index contributed by atoms with van der Waals surface area (Å²) in [6.45, 7) is 3.56. The molecular weight excluding hydrogens is 304 g/mol. The Kier molecular flexibility index (Phi) is 5.47. The van der Waals surface area contributed by atoms with Crippen LogP contribution in [0.2, 0.25) is 0 Å². The molecule has 0 aliphatic carbocycles. The molecule has 1 heterocycles. The van der Waals surface area contributed by atoms with E-state index in [-0.39, 0.29) is 18.7 Å². The Hall–Kier alpha value is -2.95. The monoisotopic (exact) mass is 324 g/mol. The fourth-order valence-electron chi connectivity index (χ4n) is 2.49. The summed E-state index contributed by atoms with van der Waals surface area (Å²) in [7, 11) is 0. The third kappa shape index (κ3) is 3.68. The lowest BCUT2D eigenvalue weighted by atomic mass is 9.96. The zero-order valence-electron chi connectivity index (χ0n) is 13.8. The second-order valence-electron chi connectivity index (χ2n) is 5.60. The van der Waals surface area contributed by atoms with Gasteiger partial charge in [-0.05, 0) is 42.2 Å². The Balaban J connectivity index is 2.58. The normalized spacial score (nSPS) is 23.5. The third-order valence-corrected chi connectivity index (χ3v) is 3.85. The van der Waals surface area contributed by atoms with Crippen LogP contribution in [0, 0.1) is 0 Å². The third-order valence-electron chi connectivity index (χ3n) is 3.85. The fourth-order valence-corrected chi connectivity index (χ4v) is 2.49. The van der Waals surface area contributed by atoms with Gasteiger partial charge in [0.2, 0.25) is 0 Å². The van der Waals surface area contributed by atoms with E-state index in [1.54, 1.807) is 6.92 Å². The van der Waals surface area contributed by atoms with Crippen molar-refractivity contribution >= 4 is 23.7 Å². The molecule has 0 fully saturated rings. The average Bonchev–Trinajstić information content (AvgIpc) is 2.61. The first-order valence-corrected chi connectivity index (χ1v) is 7.67. The summed E-state index contributed by atoms with van der Waals surface area (Å²) in [4.78, 5) is 36.6. The van der Waals surface area contributed by atoms with Crippen molar-refractivity contribution in [1.29, 1.82) is 0 Å². The molecule has 24 heavy (non-hydrogen) atoms. The van der Waals surface area contributed by atoms with Gasteiger partial charge in [0.1, 0.15) is 12.0 Å². The average molecular weight is 324 g/mol. The summed E-state index contributed by atoms with van der Waals surface area (Å²) < 4.78 is 0. The predicted octanol–water partition coefficient (Wildman–Crippen LogP) is 2.21. The van der Waals surface area contributed by atoms with Crippen LogP contribution in [0.15, 0.2) is 59.3 Å². The van der Waals surface area contributed by atoms with Gasteiger partial charge in [-0.25, -0.2) is 0 Å². The van der Waals surface area contributed by atoms with E-state index in [9.17, 15) is 14.4 Å². The number of aldehydes is 1. The van der Waals surface area contributed by atoms with Gasteiger partial charge in [0.15, 0.2) is 0 Å². The number of hydrogen-bond acceptors (Lipinski definition) is 4. The van der Waals surface area contributed by atoms with Crippen molar-refractivity contribution in [2.45, 2.75) is 20.3 Å². The molecule has 0 spiro atoms. The lowest BCUT2D eigenvalue weighted by molar-refractivity contribution is -0.139. The molecule has 2 amide bonds. The van der Waals surface area contributed by atoms with Gasteiger partial charge in [-0.15, -0.1) is 0 Å². The number of nitrogens with zero attached hydrogens (tertiary/aromatic N) is 1. The van der Waals surface area contributed by atoms with Crippen LogP contribution in [0.4, 0.5) is 0 Å². The Morgan fingerprint density at radius 2 is 1.75 bits per heavy atom. The molecule has 1 aromatic carbocycles. The Bertz CT molecular complexity index is 758. The van der Waals surface area contributed by atoms with Crippen LogP contribution in [0.5, 0.6) is 0 Å². The van der Waals surface area contributed by atoms with Gasteiger partial charge in [0.25, 0.3) is 11.8 Å². The molecule has 0 atom stereocenters. The van der Waals surface area contributed by atoms with Crippen molar-refractivity contribution in [2.24, 2.45) is 5.73 Å². The second kappa shape index (κ2) is 7.55. The standard InChI is InChI=1S/C19H20N2O3/c1-13-12-17(23)21(9-6-10-22)19(24)18(20)14(2)11-16(13)15-7-4-3-5-8-15/h3-5,7-8,10-12H,6,9,20H2,1-2H3/b13-12+,16-11+,18-14-. The predicted molar refractivity (Wildman–Crippen MR) is 92.5 cm³/mol. The Labute approximate surface area is 141 Å². The lowest BCUT2D eigenvalue weighted by Crippen LogP contribution is -2.39. The maximum Gasteiger partial charge on any atom is 0.276 e. The van der Waals surface area contributed by atoms with Crippen LogP contribution < -0.4 is 5.73 Å². The highest BCUT2D eigenvalue weighted by molar-refractivity contribution is 6.09. The molecule has 1 aromatic rings. The molecule has 5 nitrogen and oxygen atoms in total. The van der Waals surface area contributed by atoms with Gasteiger partial charge in [0, 0.05) is 19.0 Å². The number of carbonyl (C=O) groups is 3. The van der Waals surface area contributed by atoms with Crippen molar-refractivity contribution in [3.05, 3.63) is 64.9 Å². The van der Waals surface area contributed by atoms with E-state index >= 15 is 0 Å². The van der Waals surface area contributed by atoms with Gasteiger partial charge in [-0.1, -0.05) is 30.3 Å². The van der Waals surface area contributed by atoms with E-state index in [1.165, 1.54) is 6.08 Å². The first-order chi connectivity index (χ1) is 11.5. The van der Waals surface area contributed by atoms with E-state index < -0.39 is 11.8 Å². The summed E-state index contributed by atoms with van der Waals surface area (Å²) in [6.07, 6.45) is 3.97. The fraction of sp³-hybridized carbons (Fsp3) is 0.211. The van der Waals surface area contributed by atoms with Gasteiger partial charge >= 0.3 is 0 Å². The minimum Gasteiger partial charge on any atom is -0.394 e. The summed E-state index contributed by atoms with van der Waals surface area (Å²) in [6, 6.07) is 9.58. The Morgan fingerprint density at radius 3 is 2.38 bits per heavy atom. The Morgan fingerprint density at radius 1 is 1.08 bits per heavy atom. The minimum atomic E-state index is -0.575. The maximum atomic E-state index is 12.5. The molecule has 0 saturated carbocycles. The van der Waals surface area contributed by atoms with Gasteiger partial charge in [-0.2, -0.15) is 0 Å². The summed E-state index contributed by atoms with van der Waals surface area (Å²) in [5.74, 6) is -1.05. The molecule has 0 unspecified atom stereocenters. The molecule has 0 bridgehead atoms. The van der Waals surface area contributed by atoms with Crippen LogP contribution in [-0.2, 0) is 14.4 Å². The number of rotatable bonds is 4. The number of allylic oxidation sites excluding steroid dienone is 4. The summed E-state index contributed by atoms with van der Waals surface area (Å²) >= 11 is 0. The van der Waals surface area contributed by atoms with E-state index in [0.29, 0.717) is 11.9 Å². The van der Waals surface area contributed by atoms with E-state index in [0.717, 1.165) is 21.6 Å². The molecule has 0 aromatic heterocycles. The molecule has 1 aliphatic heterocycles. The SMILES string of the molecule is CC1=C(/N)C(=O)N(CCC=O)C(=O)/C=C(C)/C(c2ccccc2)=C\1. The molecular formula is C19H20N2O3. The van der Waals surface area contributed by atoms with Gasteiger partial charge in [-0.3, -0.25) is 14.5 Å². The van der Waals surface area contributed by atoms with Crippen LogP contribution in [0.1, 0.15) is 25.8 Å². The van der Waals surface area contributed by atoms with Crippen molar-refractivity contribution in [3.63, 3.8) is 0 Å². The smallest absolute Gasteiger partial charge is 0.276 e. The lowest BCUT2D eigenvalue weighted by Gasteiger charge is -2.18. The first kappa shape index (κ1) is 17.4. The number of nitrogens with two attached hydrogens (primary N) is 1. The van der Waals surface area contributed by atoms with Crippen LogP contribution >= 0.6 is 0 Å². The van der Waals surface area contributed by atoms with Crippen molar-refractivity contribution < 1.29 is 14.4 Å². The topological polar surface area (TPSA) is 80.5 Å². The summed E-state index contributed by atoms with van der Waals surface area (Å²) in [5, 5.41) is 0. The molecule has 2 N–H and O–H groups in total. The van der Waals surface area contributed by atoms with Crippen LogP contribution in [0.25, 0.3) is 5.57 Å². The van der Waals surface area contributed by atoms with Crippen LogP contribution in [0.3, 0.4) is 0 Å². The van der Waals surface area contributed by atoms with Crippen molar-refractivity contribution in [3.8, 4) is 0 Å². The number of carbonyl (C=O) groups excluding carboxylic acids is 3. The highest BCUT2D eigenvalue weighted by Crippen LogP contribution is 2.26. The second-order valence-corrected chi connectivity index (χ2v) is 5.60. The van der Waals surface area contributed by atoms with Crippen molar-refractivity contribution in [1.82, 2.24) is 4.90 Å². The highest BCUT2D eigenvalue weighted by Gasteiger charge is 2.24. The van der Waals surface area contributed by atoms with Gasteiger partial charge in [0.05, 0.1) is 0 Å². The molecule has 5 heteroatoms. The first-order valence-electron chi connectivity index (χ1n) is 7.67. The maximum absolute atomic E-state index is 12.5. The number of amides is 2. The largest absolute Gasteiger partial charge is 0.394 e. The number of hydrogen-bond donors (Lipinski definition) is 1. The highest BCUT2D eigenvalue weighted by atomic mass is 16.2. The van der Waals surface area contributed by atoms with E-state index in [2.05, 4.69) is 0 Å². The van der Waals surface area contributed by atoms with Gasteiger partial charge < -0.3 is 10.5 Å². The number of benzene rings is 1. The minimum absolute atomic E-state index is 0.00535. The molecule has 0 radical (unpaired) electrons. The molecule has 0 saturated heterocycles. The van der Waals surface area contributed by atoms with Crippen LogP contribution in [-0.4, -0.2) is 29.5 Å². The number of imide groups is 1. The quantitative estimate of drug-likeness (QED) is 0.680. The zero-order valence-corrected chi connectivity index (χ0v) is 13.8. The zero-order chi connectivity index (χ0) is 17.7. The molecule has 124 valence electrons. The molecule has 2 rings (SSSR count). The van der Waals surface area contributed by atoms with E-state index in [1.807, 2.05) is 43.3 Å². The summed E-state index contributed by atoms with van der Waals surface area (Å²) in [5.41, 5.74) is 9.02. The van der Waals surface area contributed by atoms with E-state index in [4.69, 9.17) is 5.73 Å². The van der Waals surface area contributed by atoms with Crippen molar-refractivity contribution in [2.75, 3.05) is 6.54 Å². The molecule has 1 aliphatic rings.